The van der Waals surface area contributed by atoms with Gasteiger partial charge < -0.3 is 20.0 Å². The molecule has 1 saturated heterocycles. The van der Waals surface area contributed by atoms with Crippen molar-refractivity contribution in [3.8, 4) is 0 Å². The van der Waals surface area contributed by atoms with Crippen molar-refractivity contribution in [2.75, 3.05) is 19.6 Å². The Kier molecular flexibility index (Phi) is 4.82. The van der Waals surface area contributed by atoms with Gasteiger partial charge in [-0.15, -0.1) is 0 Å². The Hall–Kier alpha value is -1.63. The van der Waals surface area contributed by atoms with E-state index in [1.165, 1.54) is 4.90 Å². The molecule has 2 aliphatic rings. The number of aliphatic hydroxyl groups excluding tert-OH is 1. The summed E-state index contributed by atoms with van der Waals surface area (Å²) in [6.45, 7) is 1.96. The average molecular weight is 298 g/mol. The van der Waals surface area contributed by atoms with Crippen molar-refractivity contribution in [1.29, 1.82) is 0 Å². The van der Waals surface area contributed by atoms with Gasteiger partial charge in [-0.25, -0.2) is 0 Å². The van der Waals surface area contributed by atoms with Crippen LogP contribution in [0.3, 0.4) is 0 Å². The SMILES string of the molecule is CC1C(=O)N(CC(=O)O)CCN1C(=O)C1CCC(O)CC1. The topological polar surface area (TPSA) is 98.2 Å². The Balaban J connectivity index is 1.97. The van der Waals surface area contributed by atoms with Crippen LogP contribution in [0.5, 0.6) is 0 Å². The van der Waals surface area contributed by atoms with E-state index in [1.807, 2.05) is 0 Å². The van der Waals surface area contributed by atoms with Crippen molar-refractivity contribution in [1.82, 2.24) is 9.80 Å². The lowest BCUT2D eigenvalue weighted by Gasteiger charge is -2.40. The molecule has 2 N–H and O–H groups in total. The van der Waals surface area contributed by atoms with Crippen molar-refractivity contribution < 1.29 is 24.6 Å². The highest BCUT2D eigenvalue weighted by molar-refractivity contribution is 5.91. The number of carbonyl (C=O) groups excluding carboxylic acids is 2. The third-order valence-electron chi connectivity index (χ3n) is 4.40. The molecule has 118 valence electrons. The number of nitrogens with zero attached hydrogens (tertiary/aromatic N) is 2. The monoisotopic (exact) mass is 298 g/mol. The van der Waals surface area contributed by atoms with Crippen LogP contribution in [-0.4, -0.2) is 69.6 Å². The van der Waals surface area contributed by atoms with Gasteiger partial charge in [-0.1, -0.05) is 0 Å². The van der Waals surface area contributed by atoms with Crippen molar-refractivity contribution >= 4 is 17.8 Å². The molecule has 7 nitrogen and oxygen atoms in total. The zero-order valence-electron chi connectivity index (χ0n) is 12.2. The van der Waals surface area contributed by atoms with Gasteiger partial charge in [0.05, 0.1) is 6.10 Å². The number of carboxylic acid groups (broad SMARTS) is 1. The molecule has 1 atom stereocenters. The first kappa shape index (κ1) is 15.8. The van der Waals surface area contributed by atoms with Crippen LogP contribution in [0.15, 0.2) is 0 Å². The minimum Gasteiger partial charge on any atom is -0.480 e. The van der Waals surface area contributed by atoms with Gasteiger partial charge in [0.15, 0.2) is 0 Å². The molecule has 1 unspecified atom stereocenters. The maximum absolute atomic E-state index is 12.5. The van der Waals surface area contributed by atoms with Crippen LogP contribution >= 0.6 is 0 Å². The van der Waals surface area contributed by atoms with E-state index >= 15 is 0 Å². The molecular weight excluding hydrogens is 276 g/mol. The van der Waals surface area contributed by atoms with E-state index in [-0.39, 0.29) is 36.9 Å². The predicted molar refractivity (Wildman–Crippen MR) is 73.4 cm³/mol. The smallest absolute Gasteiger partial charge is 0.323 e. The molecule has 2 fully saturated rings. The van der Waals surface area contributed by atoms with Crippen LogP contribution in [-0.2, 0) is 14.4 Å². The second-order valence-corrected chi connectivity index (χ2v) is 5.87. The van der Waals surface area contributed by atoms with Gasteiger partial charge in [-0.05, 0) is 32.6 Å². The highest BCUT2D eigenvalue weighted by atomic mass is 16.4. The van der Waals surface area contributed by atoms with Crippen LogP contribution in [0.25, 0.3) is 0 Å². The van der Waals surface area contributed by atoms with E-state index < -0.39 is 12.0 Å². The molecule has 1 aliphatic carbocycles. The standard InChI is InChI=1S/C14H22N2O5/c1-9-13(20)15(8-12(18)19)6-7-16(9)14(21)10-2-4-11(17)5-3-10/h9-11,17H,2-8H2,1H3,(H,18,19). The highest BCUT2D eigenvalue weighted by Crippen LogP contribution is 2.27. The van der Waals surface area contributed by atoms with E-state index in [0.717, 1.165) is 0 Å². The van der Waals surface area contributed by atoms with Gasteiger partial charge in [0, 0.05) is 19.0 Å². The lowest BCUT2D eigenvalue weighted by molar-refractivity contribution is -0.156. The van der Waals surface area contributed by atoms with Gasteiger partial charge in [0.1, 0.15) is 12.6 Å². The predicted octanol–water partition coefficient (Wildman–Crippen LogP) is -0.319. The zero-order valence-corrected chi connectivity index (χ0v) is 12.2. The van der Waals surface area contributed by atoms with Crippen LogP contribution < -0.4 is 0 Å². The molecular formula is C14H22N2O5. The molecule has 2 rings (SSSR count). The fraction of sp³-hybridized carbons (Fsp3) is 0.786. The largest absolute Gasteiger partial charge is 0.480 e. The zero-order chi connectivity index (χ0) is 15.6. The molecule has 0 spiro atoms. The maximum Gasteiger partial charge on any atom is 0.323 e. The lowest BCUT2D eigenvalue weighted by Crippen LogP contribution is -2.59. The summed E-state index contributed by atoms with van der Waals surface area (Å²) in [4.78, 5) is 38.2. The normalized spacial score (nSPS) is 30.4. The fourth-order valence-corrected chi connectivity index (χ4v) is 3.11. The molecule has 0 aromatic rings. The number of hydrogen-bond acceptors (Lipinski definition) is 4. The number of hydrogen-bond donors (Lipinski definition) is 2. The molecule has 1 heterocycles. The molecule has 2 amide bonds. The van der Waals surface area contributed by atoms with E-state index in [0.29, 0.717) is 32.2 Å². The molecule has 1 saturated carbocycles. The second kappa shape index (κ2) is 6.43. The number of aliphatic hydroxyl groups is 1. The summed E-state index contributed by atoms with van der Waals surface area (Å²) in [6, 6.07) is -0.613. The number of carbonyl (C=O) groups is 3. The first-order valence-corrected chi connectivity index (χ1v) is 7.39. The van der Waals surface area contributed by atoms with Gasteiger partial charge in [-0.2, -0.15) is 0 Å². The van der Waals surface area contributed by atoms with Crippen LogP contribution in [0.1, 0.15) is 32.6 Å². The second-order valence-electron chi connectivity index (χ2n) is 5.87. The van der Waals surface area contributed by atoms with Gasteiger partial charge in [-0.3, -0.25) is 14.4 Å². The van der Waals surface area contributed by atoms with Crippen molar-refractivity contribution in [3.63, 3.8) is 0 Å². The molecule has 0 aromatic heterocycles. The summed E-state index contributed by atoms with van der Waals surface area (Å²) in [7, 11) is 0. The minimum absolute atomic E-state index is 0.0438. The Labute approximate surface area is 123 Å². The number of carboxylic acids is 1. The maximum atomic E-state index is 12.5. The Morgan fingerprint density at radius 2 is 1.81 bits per heavy atom. The van der Waals surface area contributed by atoms with Crippen LogP contribution in [0.2, 0.25) is 0 Å². The van der Waals surface area contributed by atoms with E-state index in [9.17, 15) is 19.5 Å². The first-order valence-electron chi connectivity index (χ1n) is 7.39. The first-order chi connectivity index (χ1) is 9.90. The molecule has 1 aliphatic heterocycles. The Bertz CT molecular complexity index is 431. The summed E-state index contributed by atoms with van der Waals surface area (Å²) < 4.78 is 0. The van der Waals surface area contributed by atoms with Crippen LogP contribution in [0, 0.1) is 5.92 Å². The van der Waals surface area contributed by atoms with E-state index in [1.54, 1.807) is 11.8 Å². The summed E-state index contributed by atoms with van der Waals surface area (Å²) in [5.74, 6) is -1.53. The summed E-state index contributed by atoms with van der Waals surface area (Å²) in [6.07, 6.45) is 2.22. The Morgan fingerprint density at radius 3 is 2.38 bits per heavy atom. The highest BCUT2D eigenvalue weighted by Gasteiger charge is 2.38. The third-order valence-corrected chi connectivity index (χ3v) is 4.40. The molecule has 0 bridgehead atoms. The summed E-state index contributed by atoms with van der Waals surface area (Å²) in [5.41, 5.74) is 0. The summed E-state index contributed by atoms with van der Waals surface area (Å²) >= 11 is 0. The number of rotatable bonds is 3. The lowest BCUT2D eigenvalue weighted by atomic mass is 9.86. The number of amides is 2. The fourth-order valence-electron chi connectivity index (χ4n) is 3.11. The van der Waals surface area contributed by atoms with Gasteiger partial charge >= 0.3 is 5.97 Å². The number of piperazine rings is 1. The van der Waals surface area contributed by atoms with Crippen LogP contribution in [0.4, 0.5) is 0 Å². The molecule has 0 aromatic carbocycles. The third kappa shape index (κ3) is 3.53. The molecule has 7 heteroatoms. The van der Waals surface area contributed by atoms with Crippen molar-refractivity contribution in [3.05, 3.63) is 0 Å². The summed E-state index contributed by atoms with van der Waals surface area (Å²) in [5, 5.41) is 18.3. The number of aliphatic carboxylic acids is 1. The minimum atomic E-state index is -1.04. The van der Waals surface area contributed by atoms with E-state index in [4.69, 9.17) is 5.11 Å². The average Bonchev–Trinajstić information content (AvgIpc) is 2.44. The van der Waals surface area contributed by atoms with Gasteiger partial charge in [0.25, 0.3) is 0 Å². The van der Waals surface area contributed by atoms with Crippen molar-refractivity contribution in [2.45, 2.75) is 44.8 Å². The Morgan fingerprint density at radius 1 is 1.19 bits per heavy atom. The van der Waals surface area contributed by atoms with Gasteiger partial charge in [0.2, 0.25) is 11.8 Å². The molecule has 21 heavy (non-hydrogen) atoms. The van der Waals surface area contributed by atoms with Crippen molar-refractivity contribution in [2.24, 2.45) is 5.92 Å². The quantitative estimate of drug-likeness (QED) is 0.744. The molecule has 0 radical (unpaired) electrons. The van der Waals surface area contributed by atoms with E-state index in [2.05, 4.69) is 0 Å².